The number of rotatable bonds is 4. The second-order valence-electron chi connectivity index (χ2n) is 3.27. The van der Waals surface area contributed by atoms with Gasteiger partial charge in [-0.05, 0) is 36.4 Å². The zero-order valence-corrected chi connectivity index (χ0v) is 9.73. The number of benzene rings is 1. The van der Waals surface area contributed by atoms with Crippen LogP contribution in [0.2, 0.25) is 5.15 Å². The molecule has 0 aliphatic carbocycles. The molecule has 0 amide bonds. The molecule has 94 valence electrons. The molecule has 0 unspecified atom stereocenters. The third kappa shape index (κ3) is 3.53. The summed E-state index contributed by atoms with van der Waals surface area (Å²) in [5.74, 6) is 0.597. The highest BCUT2D eigenvalue weighted by atomic mass is 35.5. The van der Waals surface area contributed by atoms with Crippen LogP contribution < -0.4 is 10.1 Å². The molecule has 0 saturated heterocycles. The summed E-state index contributed by atoms with van der Waals surface area (Å²) < 4.78 is 28.1. The third-order valence-corrected chi connectivity index (χ3v) is 2.19. The van der Waals surface area contributed by atoms with Crippen molar-refractivity contribution in [2.75, 3.05) is 5.32 Å². The largest absolute Gasteiger partial charge is 0.435 e. The average molecular weight is 272 g/mol. The molecule has 0 radical (unpaired) electrons. The SMILES string of the molecule is FC(F)Oc1ccc(Nc2ccc(Cl)nn2)cc1. The standard InChI is InChI=1S/C11H8ClF2N3O/c12-9-5-6-10(17-16-9)15-7-1-3-8(4-2-7)18-11(13)14/h1-6,11H,(H,15,17). The summed E-state index contributed by atoms with van der Waals surface area (Å²) in [5.41, 5.74) is 0.674. The number of hydrogen-bond acceptors (Lipinski definition) is 4. The van der Waals surface area contributed by atoms with Gasteiger partial charge in [0.25, 0.3) is 0 Å². The van der Waals surface area contributed by atoms with E-state index in [1.165, 1.54) is 12.1 Å². The van der Waals surface area contributed by atoms with Gasteiger partial charge in [0.1, 0.15) is 5.75 Å². The molecule has 4 nitrogen and oxygen atoms in total. The first-order valence-corrected chi connectivity index (χ1v) is 5.32. The summed E-state index contributed by atoms with van der Waals surface area (Å²) in [5, 5.41) is 10.7. The van der Waals surface area contributed by atoms with E-state index in [1.54, 1.807) is 24.3 Å². The van der Waals surface area contributed by atoms with E-state index in [0.29, 0.717) is 16.7 Å². The Bertz CT molecular complexity index is 505. The maximum Gasteiger partial charge on any atom is 0.387 e. The lowest BCUT2D eigenvalue weighted by Gasteiger charge is -2.07. The molecule has 2 aromatic rings. The van der Waals surface area contributed by atoms with Crippen LogP contribution in [0, 0.1) is 0 Å². The third-order valence-electron chi connectivity index (χ3n) is 1.98. The number of halogens is 3. The van der Waals surface area contributed by atoms with E-state index in [9.17, 15) is 8.78 Å². The lowest BCUT2D eigenvalue weighted by atomic mass is 10.3. The highest BCUT2D eigenvalue weighted by molar-refractivity contribution is 6.29. The van der Waals surface area contributed by atoms with Gasteiger partial charge >= 0.3 is 6.61 Å². The van der Waals surface area contributed by atoms with Crippen molar-refractivity contribution in [2.45, 2.75) is 6.61 Å². The van der Waals surface area contributed by atoms with E-state index in [-0.39, 0.29) is 5.75 Å². The summed E-state index contributed by atoms with van der Waals surface area (Å²) in [6.07, 6.45) is 0. The molecule has 2 rings (SSSR count). The minimum atomic E-state index is -2.83. The number of nitrogens with one attached hydrogen (secondary N) is 1. The Labute approximate surface area is 107 Å². The number of alkyl halides is 2. The van der Waals surface area contributed by atoms with E-state index in [1.807, 2.05) is 0 Å². The van der Waals surface area contributed by atoms with E-state index < -0.39 is 6.61 Å². The van der Waals surface area contributed by atoms with Crippen molar-refractivity contribution in [2.24, 2.45) is 0 Å². The molecule has 0 spiro atoms. The van der Waals surface area contributed by atoms with Gasteiger partial charge in [0.2, 0.25) is 0 Å². The van der Waals surface area contributed by atoms with E-state index >= 15 is 0 Å². The van der Waals surface area contributed by atoms with Crippen molar-refractivity contribution in [1.82, 2.24) is 10.2 Å². The van der Waals surface area contributed by atoms with Gasteiger partial charge in [0, 0.05) is 5.69 Å². The summed E-state index contributed by atoms with van der Waals surface area (Å²) >= 11 is 5.59. The fourth-order valence-electron chi connectivity index (χ4n) is 1.25. The number of aromatic nitrogens is 2. The molecule has 0 atom stereocenters. The van der Waals surface area contributed by atoms with Crippen molar-refractivity contribution in [3.63, 3.8) is 0 Å². The number of hydrogen-bond donors (Lipinski definition) is 1. The van der Waals surface area contributed by atoms with Gasteiger partial charge < -0.3 is 10.1 Å². The minimum absolute atomic E-state index is 0.0951. The lowest BCUT2D eigenvalue weighted by Crippen LogP contribution is -2.01. The maximum atomic E-state index is 11.9. The number of nitrogens with zero attached hydrogens (tertiary/aromatic N) is 2. The second-order valence-corrected chi connectivity index (χ2v) is 3.66. The Hall–Kier alpha value is -1.95. The van der Waals surface area contributed by atoms with Gasteiger partial charge in [-0.1, -0.05) is 11.6 Å². The molecule has 0 saturated carbocycles. The van der Waals surface area contributed by atoms with Crippen LogP contribution in [0.4, 0.5) is 20.3 Å². The highest BCUT2D eigenvalue weighted by Crippen LogP contribution is 2.20. The van der Waals surface area contributed by atoms with E-state index in [4.69, 9.17) is 11.6 Å². The average Bonchev–Trinajstić information content (AvgIpc) is 2.34. The van der Waals surface area contributed by atoms with Gasteiger partial charge in [-0.3, -0.25) is 0 Å². The quantitative estimate of drug-likeness (QED) is 0.925. The summed E-state index contributed by atoms with van der Waals surface area (Å²) in [7, 11) is 0. The molecule has 0 aliphatic heterocycles. The van der Waals surface area contributed by atoms with Crippen LogP contribution in [-0.4, -0.2) is 16.8 Å². The van der Waals surface area contributed by atoms with Gasteiger partial charge in [-0.25, -0.2) is 0 Å². The van der Waals surface area contributed by atoms with Crippen molar-refractivity contribution in [3.8, 4) is 5.75 Å². The van der Waals surface area contributed by atoms with Crippen LogP contribution in [0.3, 0.4) is 0 Å². The highest BCUT2D eigenvalue weighted by Gasteiger charge is 2.04. The van der Waals surface area contributed by atoms with E-state index in [2.05, 4.69) is 20.3 Å². The van der Waals surface area contributed by atoms with Crippen LogP contribution in [0.25, 0.3) is 0 Å². The Morgan fingerprint density at radius 3 is 2.33 bits per heavy atom. The molecule has 0 aliphatic rings. The van der Waals surface area contributed by atoms with Crippen LogP contribution in [-0.2, 0) is 0 Å². The Morgan fingerprint density at radius 2 is 1.78 bits per heavy atom. The monoisotopic (exact) mass is 271 g/mol. The second kappa shape index (κ2) is 5.59. The molecule has 1 heterocycles. The molecule has 0 fully saturated rings. The topological polar surface area (TPSA) is 47.0 Å². The molecular weight excluding hydrogens is 264 g/mol. The van der Waals surface area contributed by atoms with Crippen molar-refractivity contribution in [3.05, 3.63) is 41.6 Å². The van der Waals surface area contributed by atoms with Gasteiger partial charge in [0.15, 0.2) is 11.0 Å². The first-order valence-electron chi connectivity index (χ1n) is 4.94. The van der Waals surface area contributed by atoms with Crippen molar-refractivity contribution >= 4 is 23.1 Å². The predicted molar refractivity (Wildman–Crippen MR) is 63.4 cm³/mol. The summed E-state index contributed by atoms with van der Waals surface area (Å²) in [4.78, 5) is 0. The fraction of sp³-hybridized carbons (Fsp3) is 0.0909. The van der Waals surface area contributed by atoms with Gasteiger partial charge in [0.05, 0.1) is 0 Å². The Balaban J connectivity index is 2.04. The number of anilines is 2. The first kappa shape index (κ1) is 12.5. The van der Waals surface area contributed by atoms with Crippen LogP contribution in [0.15, 0.2) is 36.4 Å². The van der Waals surface area contributed by atoms with Crippen LogP contribution >= 0.6 is 11.6 Å². The molecular formula is C11H8ClF2N3O. The van der Waals surface area contributed by atoms with Gasteiger partial charge in [-0.2, -0.15) is 8.78 Å². The summed E-state index contributed by atoms with van der Waals surface area (Å²) in [6, 6.07) is 9.28. The predicted octanol–water partition coefficient (Wildman–Crippen LogP) is 3.48. The smallest absolute Gasteiger partial charge is 0.387 e. The van der Waals surface area contributed by atoms with Crippen LogP contribution in [0.1, 0.15) is 0 Å². The molecule has 1 aromatic carbocycles. The normalized spacial score (nSPS) is 10.4. The van der Waals surface area contributed by atoms with Crippen molar-refractivity contribution < 1.29 is 13.5 Å². The maximum absolute atomic E-state index is 11.9. The fourth-order valence-corrected chi connectivity index (χ4v) is 1.35. The lowest BCUT2D eigenvalue weighted by molar-refractivity contribution is -0.0498. The molecule has 0 bridgehead atoms. The minimum Gasteiger partial charge on any atom is -0.435 e. The number of ether oxygens (including phenoxy) is 1. The molecule has 1 N–H and O–H groups in total. The Morgan fingerprint density at radius 1 is 1.06 bits per heavy atom. The zero-order chi connectivity index (χ0) is 13.0. The Kier molecular flexibility index (Phi) is 3.88. The zero-order valence-electron chi connectivity index (χ0n) is 8.98. The van der Waals surface area contributed by atoms with E-state index in [0.717, 1.165) is 0 Å². The van der Waals surface area contributed by atoms with Crippen molar-refractivity contribution in [1.29, 1.82) is 0 Å². The molecule has 18 heavy (non-hydrogen) atoms. The van der Waals surface area contributed by atoms with Gasteiger partial charge in [-0.15, -0.1) is 10.2 Å². The molecule has 7 heteroatoms. The first-order chi connectivity index (χ1) is 8.63. The molecule has 1 aromatic heterocycles. The van der Waals surface area contributed by atoms with Crippen LogP contribution in [0.5, 0.6) is 5.75 Å². The summed E-state index contributed by atoms with van der Waals surface area (Å²) in [6.45, 7) is -2.83.